The first-order chi connectivity index (χ1) is 18.7. The summed E-state index contributed by atoms with van der Waals surface area (Å²) < 4.78 is 79.1. The van der Waals surface area contributed by atoms with Crippen LogP contribution in [0.4, 0.5) is 26.3 Å². The Bertz CT molecular complexity index is 1320. The van der Waals surface area contributed by atoms with Crippen molar-refractivity contribution in [3.8, 4) is 11.1 Å². The molecule has 4 rings (SSSR count). The molecular weight excluding hydrogens is 540 g/mol. The number of hydrogen-bond donors (Lipinski definition) is 2. The number of pyridine rings is 1. The van der Waals surface area contributed by atoms with Gasteiger partial charge in [0.1, 0.15) is 6.04 Å². The minimum absolute atomic E-state index is 0.310. The Balaban J connectivity index is 1.47. The molecule has 214 valence electrons. The molecule has 2 heterocycles. The fraction of sp³-hybridized carbons (Fsp3) is 0.357. The Morgan fingerprint density at radius 2 is 1.52 bits per heavy atom. The Morgan fingerprint density at radius 1 is 0.900 bits per heavy atom. The molecule has 1 aromatic heterocycles. The molecule has 0 aliphatic carbocycles. The number of aliphatic hydroxyl groups is 1. The first-order valence-corrected chi connectivity index (χ1v) is 12.3. The first-order valence-electron chi connectivity index (χ1n) is 12.3. The molecule has 0 saturated carbocycles. The third kappa shape index (κ3) is 5.98. The van der Waals surface area contributed by atoms with Gasteiger partial charge in [0, 0.05) is 50.7 Å². The lowest BCUT2D eigenvalue weighted by Crippen LogP contribution is -2.55. The van der Waals surface area contributed by atoms with E-state index in [9.17, 15) is 41.4 Å². The van der Waals surface area contributed by atoms with E-state index in [0.29, 0.717) is 56.0 Å². The van der Waals surface area contributed by atoms with Gasteiger partial charge in [0.15, 0.2) is 0 Å². The maximum atomic E-state index is 13.2. The van der Waals surface area contributed by atoms with Crippen LogP contribution in [0.5, 0.6) is 0 Å². The Labute approximate surface area is 226 Å². The van der Waals surface area contributed by atoms with Crippen LogP contribution in [-0.2, 0) is 23.5 Å². The lowest BCUT2D eigenvalue weighted by Gasteiger charge is -2.39. The Hall–Kier alpha value is -3.48. The van der Waals surface area contributed by atoms with Crippen molar-refractivity contribution in [2.75, 3.05) is 19.6 Å². The van der Waals surface area contributed by atoms with Crippen LogP contribution < -0.4 is 0 Å². The lowest BCUT2D eigenvalue weighted by atomic mass is 9.90. The van der Waals surface area contributed by atoms with Gasteiger partial charge in [0.2, 0.25) is 0 Å². The molecule has 1 atom stereocenters. The second kappa shape index (κ2) is 11.2. The second-order valence-corrected chi connectivity index (χ2v) is 9.85. The van der Waals surface area contributed by atoms with Crippen molar-refractivity contribution >= 4 is 5.97 Å². The predicted molar refractivity (Wildman–Crippen MR) is 134 cm³/mol. The van der Waals surface area contributed by atoms with E-state index in [4.69, 9.17) is 0 Å². The van der Waals surface area contributed by atoms with Gasteiger partial charge in [-0.15, -0.1) is 0 Å². The van der Waals surface area contributed by atoms with Gasteiger partial charge in [-0.25, -0.2) is 0 Å². The standard InChI is InChI=1S/C28H27F6N3O3/c1-18-14-20(15-36-12-13-37(24(17-36)25(38)39)16-19-8-10-35-11-9-19)2-7-23(18)21-3-5-22(6-4-21)26(40,27(29,30)31)28(32,33)34/h2-11,14,24,40H,12-13,15-17H2,1H3,(H,38,39)/t24-/m1/s1. The molecular formula is C28H27F6N3O3. The summed E-state index contributed by atoms with van der Waals surface area (Å²) >= 11 is 0. The number of piperazine rings is 1. The average molecular weight is 568 g/mol. The highest BCUT2D eigenvalue weighted by Gasteiger charge is 2.71. The molecule has 3 aromatic rings. The number of benzene rings is 2. The van der Waals surface area contributed by atoms with Crippen LogP contribution in [0.3, 0.4) is 0 Å². The number of halogens is 6. The molecule has 1 aliphatic heterocycles. The molecule has 0 unspecified atom stereocenters. The van der Waals surface area contributed by atoms with Gasteiger partial charge < -0.3 is 10.2 Å². The zero-order chi connectivity index (χ0) is 29.3. The monoisotopic (exact) mass is 567 g/mol. The van der Waals surface area contributed by atoms with E-state index < -0.39 is 35.5 Å². The van der Waals surface area contributed by atoms with E-state index in [1.165, 1.54) is 0 Å². The summed E-state index contributed by atoms with van der Waals surface area (Å²) in [6.45, 7) is 4.22. The maximum Gasteiger partial charge on any atom is 0.430 e. The normalized spacial score (nSPS) is 17.6. The SMILES string of the molecule is Cc1cc(CN2CCN(Cc3ccncc3)[C@@H](C(=O)O)C2)ccc1-c1ccc(C(O)(C(F)(F)F)C(F)(F)F)cc1. The highest BCUT2D eigenvalue weighted by atomic mass is 19.4. The predicted octanol–water partition coefficient (Wildman–Crippen LogP) is 5.14. The third-order valence-electron chi connectivity index (χ3n) is 7.13. The number of rotatable bonds is 7. The van der Waals surface area contributed by atoms with Gasteiger partial charge in [-0.1, -0.05) is 42.5 Å². The fourth-order valence-electron chi connectivity index (χ4n) is 4.95. The van der Waals surface area contributed by atoms with Gasteiger partial charge >= 0.3 is 18.3 Å². The van der Waals surface area contributed by atoms with Crippen molar-refractivity contribution in [3.63, 3.8) is 0 Å². The molecule has 1 aliphatic rings. The van der Waals surface area contributed by atoms with E-state index in [0.717, 1.165) is 28.8 Å². The summed E-state index contributed by atoms with van der Waals surface area (Å²) in [7, 11) is 0. The molecule has 2 aromatic carbocycles. The smallest absolute Gasteiger partial charge is 0.430 e. The number of carboxylic acid groups (broad SMARTS) is 1. The van der Waals surface area contributed by atoms with Crippen LogP contribution in [0, 0.1) is 6.92 Å². The van der Waals surface area contributed by atoms with Crippen LogP contribution >= 0.6 is 0 Å². The topological polar surface area (TPSA) is 76.9 Å². The molecule has 40 heavy (non-hydrogen) atoms. The zero-order valence-electron chi connectivity index (χ0n) is 21.4. The number of carbonyl (C=O) groups is 1. The Morgan fingerprint density at radius 3 is 2.08 bits per heavy atom. The van der Waals surface area contributed by atoms with Crippen LogP contribution in [-0.4, -0.2) is 69.0 Å². The largest absolute Gasteiger partial charge is 0.480 e. The highest BCUT2D eigenvalue weighted by Crippen LogP contribution is 2.50. The van der Waals surface area contributed by atoms with Crippen molar-refractivity contribution in [2.45, 2.75) is 44.0 Å². The number of nitrogens with zero attached hydrogens (tertiary/aromatic N) is 3. The minimum atomic E-state index is -5.95. The molecule has 1 saturated heterocycles. The molecule has 0 spiro atoms. The van der Waals surface area contributed by atoms with Gasteiger partial charge in [0.25, 0.3) is 5.60 Å². The number of carboxylic acids is 1. The van der Waals surface area contributed by atoms with Gasteiger partial charge in [0.05, 0.1) is 0 Å². The van der Waals surface area contributed by atoms with Crippen LogP contribution in [0.15, 0.2) is 67.0 Å². The molecule has 0 amide bonds. The minimum Gasteiger partial charge on any atom is -0.480 e. The third-order valence-corrected chi connectivity index (χ3v) is 7.13. The zero-order valence-corrected chi connectivity index (χ0v) is 21.4. The number of aryl methyl sites for hydroxylation is 1. The van der Waals surface area contributed by atoms with Crippen LogP contribution in [0.1, 0.15) is 22.3 Å². The van der Waals surface area contributed by atoms with Crippen molar-refractivity contribution in [1.82, 2.24) is 14.8 Å². The summed E-state index contributed by atoms with van der Waals surface area (Å²) in [5.74, 6) is -0.920. The summed E-state index contributed by atoms with van der Waals surface area (Å²) in [6, 6.07) is 11.8. The summed E-state index contributed by atoms with van der Waals surface area (Å²) in [6.07, 6.45) is -8.58. The molecule has 6 nitrogen and oxygen atoms in total. The van der Waals surface area contributed by atoms with E-state index in [1.54, 1.807) is 31.5 Å². The van der Waals surface area contributed by atoms with Crippen LogP contribution in [0.25, 0.3) is 11.1 Å². The van der Waals surface area contributed by atoms with E-state index in [1.807, 2.05) is 28.0 Å². The van der Waals surface area contributed by atoms with E-state index in [-0.39, 0.29) is 0 Å². The van der Waals surface area contributed by atoms with Gasteiger partial charge in [-0.05, 0) is 46.9 Å². The van der Waals surface area contributed by atoms with Crippen molar-refractivity contribution in [1.29, 1.82) is 0 Å². The van der Waals surface area contributed by atoms with Crippen molar-refractivity contribution in [3.05, 3.63) is 89.2 Å². The molecule has 0 bridgehead atoms. The number of alkyl halides is 6. The van der Waals surface area contributed by atoms with E-state index in [2.05, 4.69) is 4.98 Å². The lowest BCUT2D eigenvalue weighted by molar-refractivity contribution is -0.376. The quantitative estimate of drug-likeness (QED) is 0.385. The average Bonchev–Trinajstić information content (AvgIpc) is 2.88. The molecule has 0 radical (unpaired) electrons. The summed E-state index contributed by atoms with van der Waals surface area (Å²) in [5, 5.41) is 19.4. The Kier molecular flexibility index (Phi) is 8.25. The fourth-order valence-corrected chi connectivity index (χ4v) is 4.95. The molecule has 1 fully saturated rings. The number of aliphatic carboxylic acids is 1. The van der Waals surface area contributed by atoms with Crippen molar-refractivity contribution < 1.29 is 41.4 Å². The summed E-state index contributed by atoms with van der Waals surface area (Å²) in [4.78, 5) is 19.9. The second-order valence-electron chi connectivity index (χ2n) is 9.85. The first kappa shape index (κ1) is 29.5. The van der Waals surface area contributed by atoms with Gasteiger partial charge in [-0.2, -0.15) is 26.3 Å². The highest BCUT2D eigenvalue weighted by molar-refractivity contribution is 5.74. The molecule has 12 heteroatoms. The van der Waals surface area contributed by atoms with Gasteiger partial charge in [-0.3, -0.25) is 19.6 Å². The summed E-state index contributed by atoms with van der Waals surface area (Å²) in [5.41, 5.74) is -2.73. The van der Waals surface area contributed by atoms with E-state index >= 15 is 0 Å². The van der Waals surface area contributed by atoms with Crippen molar-refractivity contribution in [2.24, 2.45) is 0 Å². The number of aromatic nitrogens is 1. The maximum absolute atomic E-state index is 13.2. The molecule has 2 N–H and O–H groups in total. The number of hydrogen-bond acceptors (Lipinski definition) is 5. The van der Waals surface area contributed by atoms with Crippen LogP contribution in [0.2, 0.25) is 0 Å².